The van der Waals surface area contributed by atoms with E-state index >= 15 is 0 Å². The number of ketones is 1. The number of carboxylic acids is 1. The minimum Gasteiger partial charge on any atom is -0.489 e. The number of nitrogens with one attached hydrogen (secondary N) is 2. The van der Waals surface area contributed by atoms with Gasteiger partial charge in [-0.25, -0.2) is 0 Å². The number of hydrogen-bond acceptors (Lipinski definition) is 7. The number of Topliss-reactive ketones (excluding diaryl/α,β-unsaturated/α-hetero) is 1. The Hall–Kier alpha value is -2.91. The standard InChI is InChI=1S/C51H73ClN2O7/c1-29(2)41-36(55)28-51(22-25-54-43(56)32-11-10-30(52)26-37(32)60-31-16-23-53-24-17-31)21-20-49(8)33(42(41)51)12-13-39-48(7)18-15-40(47(5,6)38(48)14-19-50(39,49)9)61-45(59)35-27-34(44(57)58)46(35,3)4/h10-11,26,29,31,33-35,38-40,53H,12-25,27-28H2,1-9H3,(H,54,56)(H,57,58)/t33-,34+,35-,38+,39-,40+,48+,49-,50-,51-/m1/s1. The van der Waals surface area contributed by atoms with Crippen molar-refractivity contribution in [3.63, 3.8) is 0 Å². The lowest BCUT2D eigenvalue weighted by Crippen LogP contribution is -2.66. The third-order valence-electron chi connectivity index (χ3n) is 19.3. The molecule has 8 rings (SSSR count). The second-order valence-corrected chi connectivity index (χ2v) is 23.4. The lowest BCUT2D eigenvalue weighted by Gasteiger charge is -2.72. The highest BCUT2D eigenvalue weighted by Crippen LogP contribution is 2.77. The minimum absolute atomic E-state index is 0.0187. The quantitative estimate of drug-likeness (QED) is 0.198. The zero-order valence-corrected chi connectivity index (χ0v) is 39.2. The first-order valence-electron chi connectivity index (χ1n) is 23.8. The number of amides is 1. The van der Waals surface area contributed by atoms with Crippen molar-refractivity contribution in [1.82, 2.24) is 10.6 Å². The monoisotopic (exact) mass is 861 g/mol. The molecule has 0 radical (unpaired) electrons. The van der Waals surface area contributed by atoms with E-state index < -0.39 is 17.3 Å². The highest BCUT2D eigenvalue weighted by atomic mass is 35.5. The molecule has 10 heteroatoms. The largest absolute Gasteiger partial charge is 0.489 e. The van der Waals surface area contributed by atoms with Gasteiger partial charge in [0.1, 0.15) is 18.0 Å². The Labute approximate surface area is 369 Å². The van der Waals surface area contributed by atoms with E-state index in [0.29, 0.717) is 59.3 Å². The van der Waals surface area contributed by atoms with E-state index in [1.165, 1.54) is 5.57 Å². The Bertz CT molecular complexity index is 1980. The van der Waals surface area contributed by atoms with Gasteiger partial charge in [0, 0.05) is 28.8 Å². The Morgan fingerprint density at radius 3 is 2.26 bits per heavy atom. The molecule has 9 nitrogen and oxygen atoms in total. The van der Waals surface area contributed by atoms with Crippen LogP contribution in [0, 0.1) is 68.0 Å². The van der Waals surface area contributed by atoms with E-state index in [4.69, 9.17) is 21.1 Å². The van der Waals surface area contributed by atoms with Crippen LogP contribution in [0.4, 0.5) is 0 Å². The number of rotatable bonds is 10. The number of esters is 1. The molecule has 1 aromatic carbocycles. The van der Waals surface area contributed by atoms with E-state index in [9.17, 15) is 24.3 Å². The topological polar surface area (TPSA) is 131 Å². The molecule has 5 saturated carbocycles. The van der Waals surface area contributed by atoms with Crippen LogP contribution >= 0.6 is 11.6 Å². The molecule has 7 aliphatic rings. The number of piperidine rings is 1. The molecule has 6 fully saturated rings. The molecule has 61 heavy (non-hydrogen) atoms. The van der Waals surface area contributed by atoms with Gasteiger partial charge in [0.15, 0.2) is 5.78 Å². The third-order valence-corrected chi connectivity index (χ3v) is 19.5. The summed E-state index contributed by atoms with van der Waals surface area (Å²) in [5.41, 5.74) is 2.07. The van der Waals surface area contributed by atoms with E-state index in [2.05, 4.69) is 59.1 Å². The number of carbonyl (C=O) groups is 4. The van der Waals surface area contributed by atoms with Crippen molar-refractivity contribution < 1.29 is 33.8 Å². The van der Waals surface area contributed by atoms with Crippen LogP contribution in [-0.4, -0.2) is 60.6 Å². The molecule has 1 amide bonds. The van der Waals surface area contributed by atoms with E-state index in [0.717, 1.165) is 89.3 Å². The van der Waals surface area contributed by atoms with Crippen LogP contribution in [0.1, 0.15) is 156 Å². The van der Waals surface area contributed by atoms with Crippen molar-refractivity contribution in [3.8, 4) is 5.75 Å². The molecule has 0 aromatic heterocycles. The van der Waals surface area contributed by atoms with Crippen LogP contribution in [0.25, 0.3) is 0 Å². The number of carbonyl (C=O) groups excluding carboxylic acids is 3. The van der Waals surface area contributed by atoms with Gasteiger partial charge in [-0.15, -0.1) is 0 Å². The summed E-state index contributed by atoms with van der Waals surface area (Å²) in [7, 11) is 0. The van der Waals surface area contributed by atoms with Crippen LogP contribution in [0.5, 0.6) is 5.75 Å². The summed E-state index contributed by atoms with van der Waals surface area (Å²) in [4.78, 5) is 53.6. The van der Waals surface area contributed by atoms with Crippen LogP contribution in [-0.2, 0) is 19.1 Å². The van der Waals surface area contributed by atoms with Gasteiger partial charge in [-0.3, -0.25) is 19.2 Å². The second-order valence-electron chi connectivity index (χ2n) is 23.0. The summed E-state index contributed by atoms with van der Waals surface area (Å²) in [5.74, 6) is 0.0655. The predicted octanol–water partition coefficient (Wildman–Crippen LogP) is 10.2. The third kappa shape index (κ3) is 7.02. The zero-order chi connectivity index (χ0) is 44.1. The van der Waals surface area contributed by atoms with Gasteiger partial charge in [0.05, 0.1) is 17.4 Å². The minimum atomic E-state index is -0.831. The van der Waals surface area contributed by atoms with Crippen LogP contribution in [0.3, 0.4) is 0 Å². The first-order valence-corrected chi connectivity index (χ1v) is 24.1. The van der Waals surface area contributed by atoms with Gasteiger partial charge >= 0.3 is 11.9 Å². The Kier molecular flexibility index (Phi) is 11.5. The Morgan fingerprint density at radius 2 is 1.59 bits per heavy atom. The highest BCUT2D eigenvalue weighted by molar-refractivity contribution is 6.30. The lowest BCUT2D eigenvalue weighted by atomic mass is 9.33. The number of allylic oxidation sites excluding steroid dienone is 2. The molecule has 3 N–H and O–H groups in total. The van der Waals surface area contributed by atoms with Gasteiger partial charge in [-0.1, -0.05) is 79.5 Å². The van der Waals surface area contributed by atoms with Gasteiger partial charge in [0.2, 0.25) is 0 Å². The van der Waals surface area contributed by atoms with Crippen LogP contribution in [0.2, 0.25) is 5.02 Å². The van der Waals surface area contributed by atoms with Gasteiger partial charge < -0.3 is 25.2 Å². The van der Waals surface area contributed by atoms with Crippen molar-refractivity contribution in [3.05, 3.63) is 39.9 Å². The first kappa shape index (κ1) is 44.7. The average molecular weight is 862 g/mol. The SMILES string of the molecule is CC(C)C1=C2[C@H]3CC[C@@H]4[C@@]5(C)CC[C@H](OC(=O)[C@H]6C[C@@H](C(=O)O)C6(C)C)C(C)(C)[C@@H]5CC[C@@]4(C)[C@]3(C)CC[C@@]2(CCNC(=O)c2ccc(Cl)cc2OC2CCNCC2)CC1=O. The summed E-state index contributed by atoms with van der Waals surface area (Å²) in [6, 6.07) is 5.27. The molecule has 0 unspecified atom stereocenters. The molecule has 336 valence electrons. The molecule has 1 aliphatic heterocycles. The summed E-state index contributed by atoms with van der Waals surface area (Å²) >= 11 is 6.40. The first-order chi connectivity index (χ1) is 28.6. The van der Waals surface area contributed by atoms with Crippen molar-refractivity contribution in [2.75, 3.05) is 19.6 Å². The van der Waals surface area contributed by atoms with Gasteiger partial charge in [-0.2, -0.15) is 0 Å². The molecule has 1 saturated heterocycles. The summed E-state index contributed by atoms with van der Waals surface area (Å²) < 4.78 is 12.8. The fraction of sp³-hybridized carbons (Fsp3) is 0.765. The molecule has 10 atom stereocenters. The maximum atomic E-state index is 14.2. The average Bonchev–Trinajstić information content (AvgIpc) is 3.48. The molecule has 0 spiro atoms. The smallest absolute Gasteiger partial charge is 0.309 e. The fourth-order valence-corrected chi connectivity index (χ4v) is 15.8. The van der Waals surface area contributed by atoms with Gasteiger partial charge in [-0.05, 0) is 159 Å². The number of aliphatic carboxylic acids is 1. The summed E-state index contributed by atoms with van der Waals surface area (Å²) in [6.07, 6.45) is 11.4. The van der Waals surface area contributed by atoms with Crippen LogP contribution < -0.4 is 15.4 Å². The number of fused-ring (bicyclic) bond motifs is 7. The molecule has 6 aliphatic carbocycles. The number of carboxylic acid groups (broad SMARTS) is 1. The highest BCUT2D eigenvalue weighted by Gasteiger charge is 2.70. The van der Waals surface area contributed by atoms with Crippen molar-refractivity contribution in [2.45, 2.75) is 158 Å². The Morgan fingerprint density at radius 1 is 0.869 bits per heavy atom. The molecular formula is C51H73ClN2O7. The van der Waals surface area contributed by atoms with E-state index in [1.54, 1.807) is 18.2 Å². The second kappa shape index (κ2) is 15.7. The number of ether oxygens (including phenoxy) is 2. The van der Waals surface area contributed by atoms with Crippen LogP contribution in [0.15, 0.2) is 29.3 Å². The van der Waals surface area contributed by atoms with Gasteiger partial charge in [0.25, 0.3) is 5.91 Å². The molecule has 1 aromatic rings. The number of benzene rings is 1. The molecular weight excluding hydrogens is 788 g/mol. The normalized spacial score (nSPS) is 39.0. The zero-order valence-electron chi connectivity index (χ0n) is 38.4. The number of hydrogen-bond donors (Lipinski definition) is 3. The number of halogens is 1. The summed E-state index contributed by atoms with van der Waals surface area (Å²) in [5, 5.41) is 16.9. The maximum Gasteiger partial charge on any atom is 0.309 e. The van der Waals surface area contributed by atoms with Crippen molar-refractivity contribution in [2.24, 2.45) is 68.0 Å². The summed E-state index contributed by atoms with van der Waals surface area (Å²) in [6.45, 7) is 22.8. The van der Waals surface area contributed by atoms with Crippen molar-refractivity contribution >= 4 is 35.2 Å². The van der Waals surface area contributed by atoms with Crippen molar-refractivity contribution in [1.29, 1.82) is 0 Å². The van der Waals surface area contributed by atoms with E-state index in [-0.39, 0.29) is 63.0 Å². The van der Waals surface area contributed by atoms with E-state index in [1.807, 2.05) is 13.8 Å². The predicted molar refractivity (Wildman–Crippen MR) is 237 cm³/mol. The molecule has 1 heterocycles. The molecule has 0 bridgehead atoms. The maximum absolute atomic E-state index is 14.2. The Balaban J connectivity index is 0.999. The lowest BCUT2D eigenvalue weighted by molar-refractivity contribution is -0.236. The fourth-order valence-electron chi connectivity index (χ4n) is 15.6.